The fraction of sp³-hybridized carbons (Fsp3) is 0.308. The molecule has 6 rings (SSSR count). The second-order valence-electron chi connectivity index (χ2n) is 9.82. The summed E-state index contributed by atoms with van der Waals surface area (Å²) in [5.74, 6) is 1.57. The molecule has 35 heavy (non-hydrogen) atoms. The molecule has 4 aromatic rings. The zero-order chi connectivity index (χ0) is 24.5. The highest BCUT2D eigenvalue weighted by Gasteiger charge is 2.65. The summed E-state index contributed by atoms with van der Waals surface area (Å²) in [4.78, 5) is 13.0. The van der Waals surface area contributed by atoms with Crippen LogP contribution in [0.3, 0.4) is 0 Å². The van der Waals surface area contributed by atoms with Gasteiger partial charge in [0.25, 0.3) is 0 Å². The van der Waals surface area contributed by atoms with Gasteiger partial charge in [-0.1, -0.05) is 6.07 Å². The molecule has 9 nitrogen and oxygen atoms in total. The molecule has 3 heterocycles. The molecule has 176 valence electrons. The molecule has 0 radical (unpaired) electrons. The Kier molecular flexibility index (Phi) is 4.30. The van der Waals surface area contributed by atoms with Crippen LogP contribution in [0.2, 0.25) is 0 Å². The maximum absolute atomic E-state index is 13.0. The molecular weight excluding hydrogens is 442 g/mol. The lowest BCUT2D eigenvalue weighted by molar-refractivity contribution is -0.118. The van der Waals surface area contributed by atoms with Gasteiger partial charge in [-0.2, -0.15) is 15.5 Å². The Bertz CT molecular complexity index is 1560. The third kappa shape index (κ3) is 2.96. The van der Waals surface area contributed by atoms with Crippen molar-refractivity contribution in [2.24, 2.45) is 0 Å². The van der Waals surface area contributed by atoms with Gasteiger partial charge in [-0.25, -0.2) is 4.68 Å². The largest absolute Gasteiger partial charge is 0.497 e. The summed E-state index contributed by atoms with van der Waals surface area (Å²) in [5.41, 5.74) is 4.21. The van der Waals surface area contributed by atoms with Crippen LogP contribution in [0.15, 0.2) is 42.6 Å². The zero-order valence-corrected chi connectivity index (χ0v) is 19.9. The molecule has 2 aliphatic rings. The highest BCUT2D eigenvalue weighted by atomic mass is 16.5. The van der Waals surface area contributed by atoms with Crippen molar-refractivity contribution < 1.29 is 9.53 Å². The number of aromatic amines is 1. The van der Waals surface area contributed by atoms with E-state index < -0.39 is 11.0 Å². The first-order chi connectivity index (χ1) is 16.8. The molecule has 2 aromatic carbocycles. The van der Waals surface area contributed by atoms with E-state index in [1.807, 2.05) is 45.0 Å². The Labute approximate surface area is 202 Å². The number of nitrogens with zero attached hydrogens (tertiary/aromatic N) is 4. The molecule has 1 amide bonds. The quantitative estimate of drug-likeness (QED) is 0.399. The van der Waals surface area contributed by atoms with E-state index in [0.717, 1.165) is 51.3 Å². The predicted molar refractivity (Wildman–Crippen MR) is 132 cm³/mol. The van der Waals surface area contributed by atoms with Gasteiger partial charge in [-0.3, -0.25) is 9.89 Å². The van der Waals surface area contributed by atoms with Crippen molar-refractivity contribution in [3.63, 3.8) is 0 Å². The summed E-state index contributed by atoms with van der Waals surface area (Å²) < 4.78 is 7.10. The molecule has 1 fully saturated rings. The number of anilines is 3. The molecule has 0 saturated heterocycles. The minimum Gasteiger partial charge on any atom is -0.497 e. The number of hydrogen-bond donors (Lipinski definition) is 3. The lowest BCUT2D eigenvalue weighted by Crippen LogP contribution is -2.26. The molecule has 0 bridgehead atoms. The lowest BCUT2D eigenvalue weighted by Gasteiger charge is -2.18. The van der Waals surface area contributed by atoms with Crippen molar-refractivity contribution in [1.82, 2.24) is 20.0 Å². The third-order valence-corrected chi connectivity index (χ3v) is 7.38. The smallest absolute Gasteiger partial charge is 0.235 e. The van der Waals surface area contributed by atoms with Gasteiger partial charge < -0.3 is 15.4 Å². The van der Waals surface area contributed by atoms with Crippen molar-refractivity contribution in [1.29, 1.82) is 5.26 Å². The zero-order valence-electron chi connectivity index (χ0n) is 19.9. The summed E-state index contributed by atoms with van der Waals surface area (Å²) in [6, 6.07) is 14.2. The molecular formula is C26H25N7O2. The molecule has 1 spiro atoms. The minimum absolute atomic E-state index is 0.0468. The van der Waals surface area contributed by atoms with Gasteiger partial charge in [-0.15, -0.1) is 0 Å². The number of H-pyrrole nitrogens is 1. The summed E-state index contributed by atoms with van der Waals surface area (Å²) in [5, 5.41) is 28.7. The number of hydrogen-bond acceptors (Lipinski definition) is 6. The number of fused-ring (bicyclic) bond motifs is 3. The maximum Gasteiger partial charge on any atom is 0.235 e. The van der Waals surface area contributed by atoms with Gasteiger partial charge in [0.05, 0.1) is 41.7 Å². The molecule has 0 unspecified atom stereocenters. The first-order valence-corrected chi connectivity index (χ1v) is 11.5. The summed E-state index contributed by atoms with van der Waals surface area (Å²) in [6.45, 7) is 5.57. The van der Waals surface area contributed by atoms with E-state index in [-0.39, 0.29) is 11.8 Å². The molecule has 2 atom stereocenters. The van der Waals surface area contributed by atoms with Crippen molar-refractivity contribution in [2.75, 3.05) is 17.7 Å². The van der Waals surface area contributed by atoms with Gasteiger partial charge in [0, 0.05) is 17.0 Å². The maximum atomic E-state index is 13.0. The summed E-state index contributed by atoms with van der Waals surface area (Å²) >= 11 is 0. The number of amides is 1. The van der Waals surface area contributed by atoms with Crippen molar-refractivity contribution in [2.45, 2.75) is 44.1 Å². The Morgan fingerprint density at radius 2 is 2.11 bits per heavy atom. The SMILES string of the molecule is COc1ccc2c(c1)[C@]1(C[C@H]1c1ccc3c(Nc4cnn(C(C)(C)C#N)c4C)n[nH]c3c1)C(=O)N2. The van der Waals surface area contributed by atoms with Crippen LogP contribution in [0.25, 0.3) is 10.9 Å². The monoisotopic (exact) mass is 467 g/mol. The fourth-order valence-electron chi connectivity index (χ4n) is 5.32. The minimum atomic E-state index is -0.748. The molecule has 1 aliphatic heterocycles. The first-order valence-electron chi connectivity index (χ1n) is 11.5. The number of ether oxygens (including phenoxy) is 1. The van der Waals surface area contributed by atoms with E-state index in [1.165, 1.54) is 0 Å². The van der Waals surface area contributed by atoms with Crippen LogP contribution in [-0.2, 0) is 15.7 Å². The van der Waals surface area contributed by atoms with Crippen molar-refractivity contribution in [3.8, 4) is 11.8 Å². The number of aromatic nitrogens is 4. The van der Waals surface area contributed by atoms with Gasteiger partial charge >= 0.3 is 0 Å². The second kappa shape index (κ2) is 7.09. The highest BCUT2D eigenvalue weighted by molar-refractivity contribution is 6.10. The van der Waals surface area contributed by atoms with Crippen LogP contribution in [-0.4, -0.2) is 33.0 Å². The number of carbonyl (C=O) groups excluding carboxylic acids is 1. The number of rotatable bonds is 5. The molecule has 1 aliphatic carbocycles. The Morgan fingerprint density at radius 1 is 1.29 bits per heavy atom. The van der Waals surface area contributed by atoms with Crippen LogP contribution in [0, 0.1) is 18.3 Å². The van der Waals surface area contributed by atoms with Crippen LogP contribution in [0.4, 0.5) is 17.2 Å². The highest BCUT2D eigenvalue weighted by Crippen LogP contribution is 2.65. The Balaban J connectivity index is 1.30. The summed E-state index contributed by atoms with van der Waals surface area (Å²) in [7, 11) is 1.64. The van der Waals surface area contributed by atoms with Crippen LogP contribution in [0.5, 0.6) is 5.75 Å². The lowest BCUT2D eigenvalue weighted by atomic mass is 9.91. The van der Waals surface area contributed by atoms with Gasteiger partial charge in [-0.05, 0) is 68.7 Å². The fourth-order valence-corrected chi connectivity index (χ4v) is 5.32. The third-order valence-electron chi connectivity index (χ3n) is 7.38. The number of nitrogens with one attached hydrogen (secondary N) is 3. The number of nitriles is 1. The summed E-state index contributed by atoms with van der Waals surface area (Å²) in [6.07, 6.45) is 2.47. The van der Waals surface area contributed by atoms with Gasteiger partial charge in [0.2, 0.25) is 5.91 Å². The average molecular weight is 468 g/mol. The molecule has 9 heteroatoms. The van der Waals surface area contributed by atoms with E-state index >= 15 is 0 Å². The van der Waals surface area contributed by atoms with E-state index in [0.29, 0.717) is 5.82 Å². The standard InChI is InChI=1S/C26H25N7O2/c1-14-22(12-28-33(14)25(2,3)13-27)29-23-17-7-5-15(9-21(17)31-32-23)19-11-26(19)18-10-16(35-4)6-8-20(18)30-24(26)34/h5-10,12,19H,11H2,1-4H3,(H,30,34)(H2,29,31,32)/t19-,26-/m0/s1. The number of benzene rings is 2. The normalized spacial score (nSPS) is 20.5. The molecule has 1 saturated carbocycles. The predicted octanol–water partition coefficient (Wildman–Crippen LogP) is 4.46. The Hall–Kier alpha value is -4.32. The first kappa shape index (κ1) is 21.2. The second-order valence-corrected chi connectivity index (χ2v) is 9.82. The van der Waals surface area contributed by atoms with Gasteiger partial charge in [0.1, 0.15) is 11.3 Å². The van der Waals surface area contributed by atoms with Gasteiger partial charge in [0.15, 0.2) is 5.82 Å². The topological polar surface area (TPSA) is 121 Å². The Morgan fingerprint density at radius 3 is 2.89 bits per heavy atom. The average Bonchev–Trinajstić information content (AvgIpc) is 3.18. The van der Waals surface area contributed by atoms with E-state index in [9.17, 15) is 10.1 Å². The molecule has 3 N–H and O–H groups in total. The van der Waals surface area contributed by atoms with Crippen LogP contribution < -0.4 is 15.4 Å². The van der Waals surface area contributed by atoms with Crippen molar-refractivity contribution >= 4 is 34.0 Å². The van der Waals surface area contributed by atoms with Crippen LogP contribution in [0.1, 0.15) is 43.0 Å². The van der Waals surface area contributed by atoms with E-state index in [1.54, 1.807) is 18.0 Å². The van der Waals surface area contributed by atoms with Crippen molar-refractivity contribution in [3.05, 3.63) is 59.4 Å². The molecule has 2 aromatic heterocycles. The van der Waals surface area contributed by atoms with E-state index in [2.05, 4.69) is 44.1 Å². The van der Waals surface area contributed by atoms with E-state index in [4.69, 9.17) is 4.74 Å². The number of carbonyl (C=O) groups is 1. The van der Waals surface area contributed by atoms with Crippen LogP contribution >= 0.6 is 0 Å². The number of methoxy groups -OCH3 is 1.